The highest BCUT2D eigenvalue weighted by atomic mass is 15.4. The molecule has 0 spiro atoms. The van der Waals surface area contributed by atoms with Crippen molar-refractivity contribution < 1.29 is 0 Å². The molecule has 7 heteroatoms. The lowest BCUT2D eigenvalue weighted by molar-refractivity contribution is 0.468. The third-order valence-corrected chi connectivity index (χ3v) is 5.78. The van der Waals surface area contributed by atoms with Gasteiger partial charge in [0.15, 0.2) is 17.5 Å². The Hall–Kier alpha value is -2.83. The summed E-state index contributed by atoms with van der Waals surface area (Å²) in [7, 11) is 0. The Morgan fingerprint density at radius 1 is 1.11 bits per heavy atom. The maximum atomic E-state index is 5.06. The minimum absolute atomic E-state index is 0.197. The van der Waals surface area contributed by atoms with Crippen LogP contribution in [0.1, 0.15) is 56.6 Å². The van der Waals surface area contributed by atoms with Crippen molar-refractivity contribution in [1.82, 2.24) is 29.7 Å². The third-order valence-electron chi connectivity index (χ3n) is 5.78. The SMILES string of the molecule is CC[C@@H]1c2nncn2-c2c(C)nc(-c3ccncc3)nc2N1C1CCCC1. The van der Waals surface area contributed by atoms with E-state index in [1.165, 1.54) is 25.7 Å². The fourth-order valence-electron chi connectivity index (χ4n) is 4.55. The first-order valence-corrected chi connectivity index (χ1v) is 9.75. The van der Waals surface area contributed by atoms with E-state index < -0.39 is 0 Å². The summed E-state index contributed by atoms with van der Waals surface area (Å²) in [6.07, 6.45) is 11.3. The first-order valence-electron chi connectivity index (χ1n) is 9.75. The molecule has 4 heterocycles. The van der Waals surface area contributed by atoms with Crippen LogP contribution in [-0.2, 0) is 0 Å². The summed E-state index contributed by atoms with van der Waals surface area (Å²) in [4.78, 5) is 16.5. The van der Waals surface area contributed by atoms with Crippen LogP contribution in [0.25, 0.3) is 17.1 Å². The van der Waals surface area contributed by atoms with Crippen molar-refractivity contribution in [3.63, 3.8) is 0 Å². The number of aryl methyl sites for hydroxylation is 1. The molecule has 1 saturated carbocycles. The highest BCUT2D eigenvalue weighted by Gasteiger charge is 2.39. The molecule has 1 aliphatic heterocycles. The standard InChI is InChI=1S/C20H23N7/c1-3-16-19-25-22-12-26(19)17-13(2)23-18(14-8-10-21-11-9-14)24-20(17)27(16)15-6-4-5-7-15/h8-12,15-16H,3-7H2,1-2H3/t16-/m1/s1. The quantitative estimate of drug-likeness (QED) is 0.709. The van der Waals surface area contributed by atoms with E-state index in [0.717, 1.165) is 40.8 Å². The average molecular weight is 361 g/mol. The van der Waals surface area contributed by atoms with Crippen LogP contribution in [0.15, 0.2) is 30.9 Å². The van der Waals surface area contributed by atoms with Gasteiger partial charge in [0.25, 0.3) is 0 Å². The van der Waals surface area contributed by atoms with Crippen LogP contribution in [0, 0.1) is 6.92 Å². The smallest absolute Gasteiger partial charge is 0.162 e. The second kappa shape index (κ2) is 6.40. The number of anilines is 1. The van der Waals surface area contributed by atoms with E-state index in [9.17, 15) is 0 Å². The van der Waals surface area contributed by atoms with E-state index in [2.05, 4.69) is 31.6 Å². The lowest BCUT2D eigenvalue weighted by atomic mass is 10.0. The van der Waals surface area contributed by atoms with Gasteiger partial charge in [0, 0.05) is 24.0 Å². The van der Waals surface area contributed by atoms with Gasteiger partial charge in [-0.25, -0.2) is 9.97 Å². The fourth-order valence-corrected chi connectivity index (χ4v) is 4.55. The number of hydrogen-bond donors (Lipinski definition) is 0. The molecule has 0 N–H and O–H groups in total. The maximum absolute atomic E-state index is 5.06. The second-order valence-corrected chi connectivity index (χ2v) is 7.37. The van der Waals surface area contributed by atoms with E-state index in [1.807, 2.05) is 19.1 Å². The number of nitrogens with zero attached hydrogens (tertiary/aromatic N) is 7. The maximum Gasteiger partial charge on any atom is 0.162 e. The molecule has 0 aromatic carbocycles. The highest BCUT2D eigenvalue weighted by molar-refractivity contribution is 5.68. The van der Waals surface area contributed by atoms with Crippen LogP contribution in [0.4, 0.5) is 5.82 Å². The number of aromatic nitrogens is 6. The zero-order valence-electron chi connectivity index (χ0n) is 15.7. The third kappa shape index (κ3) is 2.52. The Morgan fingerprint density at radius 2 is 1.89 bits per heavy atom. The first-order chi connectivity index (χ1) is 13.3. The van der Waals surface area contributed by atoms with E-state index in [-0.39, 0.29) is 6.04 Å². The second-order valence-electron chi connectivity index (χ2n) is 7.37. The van der Waals surface area contributed by atoms with Gasteiger partial charge in [0.05, 0.1) is 11.7 Å². The first kappa shape index (κ1) is 16.4. The van der Waals surface area contributed by atoms with Gasteiger partial charge in [-0.05, 0) is 38.3 Å². The van der Waals surface area contributed by atoms with Crippen molar-refractivity contribution in [2.24, 2.45) is 0 Å². The summed E-state index contributed by atoms with van der Waals surface area (Å²) >= 11 is 0. The molecule has 5 rings (SSSR count). The molecule has 0 amide bonds. The van der Waals surface area contributed by atoms with E-state index in [0.29, 0.717) is 6.04 Å². The van der Waals surface area contributed by atoms with Crippen LogP contribution < -0.4 is 4.90 Å². The Labute approximate surface area is 158 Å². The predicted molar refractivity (Wildman–Crippen MR) is 103 cm³/mol. The Morgan fingerprint density at radius 3 is 2.63 bits per heavy atom. The summed E-state index contributed by atoms with van der Waals surface area (Å²) in [5.74, 6) is 2.77. The molecule has 0 saturated heterocycles. The van der Waals surface area contributed by atoms with Crippen molar-refractivity contribution in [3.05, 3.63) is 42.4 Å². The topological polar surface area (TPSA) is 72.6 Å². The van der Waals surface area contributed by atoms with Crippen LogP contribution >= 0.6 is 0 Å². The van der Waals surface area contributed by atoms with Gasteiger partial charge in [-0.3, -0.25) is 9.55 Å². The van der Waals surface area contributed by atoms with E-state index >= 15 is 0 Å². The summed E-state index contributed by atoms with van der Waals surface area (Å²) in [5.41, 5.74) is 2.96. The van der Waals surface area contributed by atoms with Crippen molar-refractivity contribution in [2.75, 3.05) is 4.90 Å². The Kier molecular flexibility index (Phi) is 3.88. The zero-order valence-corrected chi connectivity index (χ0v) is 15.7. The van der Waals surface area contributed by atoms with Gasteiger partial charge in [0.2, 0.25) is 0 Å². The van der Waals surface area contributed by atoms with Crippen LogP contribution in [0.2, 0.25) is 0 Å². The molecule has 3 aromatic heterocycles. The minimum atomic E-state index is 0.197. The lowest BCUT2D eigenvalue weighted by Crippen LogP contribution is -2.42. The number of hydrogen-bond acceptors (Lipinski definition) is 6. The normalized spacial score (nSPS) is 19.2. The Balaban J connectivity index is 1.74. The van der Waals surface area contributed by atoms with Crippen LogP contribution in [0.3, 0.4) is 0 Å². The minimum Gasteiger partial charge on any atom is -0.341 e. The van der Waals surface area contributed by atoms with Gasteiger partial charge < -0.3 is 4.90 Å². The van der Waals surface area contributed by atoms with E-state index in [1.54, 1.807) is 18.7 Å². The van der Waals surface area contributed by atoms with Gasteiger partial charge >= 0.3 is 0 Å². The molecule has 0 radical (unpaired) electrons. The van der Waals surface area contributed by atoms with Gasteiger partial charge in [0.1, 0.15) is 12.0 Å². The van der Waals surface area contributed by atoms with Crippen molar-refractivity contribution >= 4 is 5.82 Å². The molecular weight excluding hydrogens is 338 g/mol. The molecule has 0 bridgehead atoms. The van der Waals surface area contributed by atoms with Crippen LogP contribution in [-0.4, -0.2) is 35.8 Å². The molecule has 1 atom stereocenters. The highest BCUT2D eigenvalue weighted by Crippen LogP contribution is 2.43. The Bertz CT molecular complexity index is 960. The van der Waals surface area contributed by atoms with Crippen molar-refractivity contribution in [2.45, 2.75) is 58.0 Å². The molecule has 0 unspecified atom stereocenters. The predicted octanol–water partition coefficient (Wildman–Crippen LogP) is 3.64. The van der Waals surface area contributed by atoms with Crippen LogP contribution in [0.5, 0.6) is 0 Å². The largest absolute Gasteiger partial charge is 0.341 e. The summed E-state index contributed by atoms with van der Waals surface area (Å²) in [6.45, 7) is 4.27. The molecule has 3 aromatic rings. The van der Waals surface area contributed by atoms with Gasteiger partial charge in [-0.15, -0.1) is 10.2 Å². The summed E-state index contributed by atoms with van der Waals surface area (Å²) < 4.78 is 2.08. The van der Waals surface area contributed by atoms with E-state index in [4.69, 9.17) is 9.97 Å². The number of rotatable bonds is 3. The van der Waals surface area contributed by atoms with Crippen molar-refractivity contribution in [1.29, 1.82) is 0 Å². The molecule has 138 valence electrons. The molecular formula is C20H23N7. The monoisotopic (exact) mass is 361 g/mol. The molecule has 1 fully saturated rings. The summed E-state index contributed by atoms with van der Waals surface area (Å²) in [5, 5.41) is 8.66. The zero-order chi connectivity index (χ0) is 18.4. The number of pyridine rings is 1. The van der Waals surface area contributed by atoms with Gasteiger partial charge in [-0.2, -0.15) is 0 Å². The lowest BCUT2D eigenvalue weighted by Gasteiger charge is -2.41. The summed E-state index contributed by atoms with van der Waals surface area (Å²) in [6, 6.07) is 4.62. The van der Waals surface area contributed by atoms with Gasteiger partial charge in [-0.1, -0.05) is 19.8 Å². The molecule has 1 aliphatic carbocycles. The fraction of sp³-hybridized carbons (Fsp3) is 0.450. The molecule has 2 aliphatic rings. The average Bonchev–Trinajstić information content (AvgIpc) is 3.39. The molecule has 27 heavy (non-hydrogen) atoms. The molecule has 7 nitrogen and oxygen atoms in total. The van der Waals surface area contributed by atoms with Crippen molar-refractivity contribution in [3.8, 4) is 17.1 Å². The number of fused-ring (bicyclic) bond motifs is 3.